The number of anilines is 1. The van der Waals surface area contributed by atoms with Gasteiger partial charge in [0.05, 0.1) is 0 Å². The molecule has 0 aromatic heterocycles. The smallest absolute Gasteiger partial charge is 0.302 e. The minimum absolute atomic E-state index is 0.257. The van der Waals surface area contributed by atoms with Crippen LogP contribution in [-0.4, -0.2) is 58.4 Å². The average Bonchev–Trinajstić information content (AvgIpc) is 3.28. The molecule has 8 heteroatoms. The van der Waals surface area contributed by atoms with Gasteiger partial charge in [0.25, 0.3) is 5.91 Å². The lowest BCUT2D eigenvalue weighted by Crippen LogP contribution is -2.64. The van der Waals surface area contributed by atoms with Crippen LogP contribution >= 0.6 is 0 Å². The fraction of sp³-hybridized carbons (Fsp3) is 0.261. The molecule has 3 aliphatic rings. The zero-order valence-corrected chi connectivity index (χ0v) is 17.3. The Morgan fingerprint density at radius 1 is 1.03 bits per heavy atom. The molecule has 158 valence electrons. The third kappa shape index (κ3) is 3.06. The third-order valence-electron chi connectivity index (χ3n) is 5.94. The predicted molar refractivity (Wildman–Crippen MR) is 115 cm³/mol. The van der Waals surface area contributed by atoms with E-state index in [1.807, 2.05) is 53.3 Å². The molecule has 2 aromatic rings. The first-order valence-electron chi connectivity index (χ1n) is 10.2. The number of likely N-dealkylation sites (N-methyl/N-ethyl adjacent to an activating group) is 1. The van der Waals surface area contributed by atoms with Crippen molar-refractivity contribution in [3.63, 3.8) is 0 Å². The number of guanidine groups is 1. The van der Waals surface area contributed by atoms with E-state index in [0.717, 1.165) is 16.9 Å². The van der Waals surface area contributed by atoms with Crippen LogP contribution in [0.15, 0.2) is 71.5 Å². The minimum atomic E-state index is -0.617. The number of urea groups is 1. The number of benzene rings is 2. The molecule has 0 bridgehead atoms. The van der Waals surface area contributed by atoms with E-state index in [1.54, 1.807) is 19.2 Å². The van der Waals surface area contributed by atoms with E-state index in [9.17, 15) is 14.0 Å². The minimum Gasteiger partial charge on any atom is -0.302 e. The number of fused-ring (bicyclic) bond motifs is 3. The lowest BCUT2D eigenvalue weighted by atomic mass is 10.1. The maximum Gasteiger partial charge on any atom is 0.328 e. The van der Waals surface area contributed by atoms with Gasteiger partial charge in [0, 0.05) is 31.2 Å². The van der Waals surface area contributed by atoms with Crippen LogP contribution < -0.4 is 4.90 Å². The summed E-state index contributed by atoms with van der Waals surface area (Å²) in [6.45, 7) is 2.22. The molecule has 3 heterocycles. The summed E-state index contributed by atoms with van der Waals surface area (Å²) in [6, 6.07) is 14.9. The summed E-state index contributed by atoms with van der Waals surface area (Å²) >= 11 is 0. The topological polar surface area (TPSA) is 59.5 Å². The monoisotopic (exact) mass is 419 g/mol. The van der Waals surface area contributed by atoms with Gasteiger partial charge in [-0.1, -0.05) is 30.3 Å². The number of carbonyl (C=O) groups excluding carboxylic acids is 2. The van der Waals surface area contributed by atoms with Gasteiger partial charge in [-0.3, -0.25) is 14.6 Å². The van der Waals surface area contributed by atoms with Crippen molar-refractivity contribution in [2.45, 2.75) is 25.6 Å². The van der Waals surface area contributed by atoms with Gasteiger partial charge >= 0.3 is 6.03 Å². The second kappa shape index (κ2) is 7.23. The Hall–Kier alpha value is -3.68. The SMILES string of the molecule is CC1=CN2C(=NC3C2C(=O)N(CCc2ccccc2)C(=O)N3C)N1c1ccc(F)cc1. The first kappa shape index (κ1) is 19.3. The van der Waals surface area contributed by atoms with Gasteiger partial charge in [-0.05, 0) is 43.2 Å². The number of rotatable bonds is 4. The van der Waals surface area contributed by atoms with Crippen molar-refractivity contribution in [2.75, 3.05) is 18.5 Å². The quantitative estimate of drug-likeness (QED) is 0.765. The normalized spacial score (nSPS) is 22.5. The lowest BCUT2D eigenvalue weighted by molar-refractivity contribution is -0.136. The summed E-state index contributed by atoms with van der Waals surface area (Å²) < 4.78 is 13.4. The van der Waals surface area contributed by atoms with Crippen molar-refractivity contribution in [3.05, 3.63) is 77.9 Å². The summed E-state index contributed by atoms with van der Waals surface area (Å²) in [5, 5.41) is 0. The average molecular weight is 419 g/mol. The Labute approximate surface area is 179 Å². The number of amides is 3. The molecule has 1 saturated heterocycles. The molecule has 3 aliphatic heterocycles. The van der Waals surface area contributed by atoms with E-state index < -0.39 is 12.2 Å². The van der Waals surface area contributed by atoms with Crippen molar-refractivity contribution in [2.24, 2.45) is 4.99 Å². The predicted octanol–water partition coefficient (Wildman–Crippen LogP) is 3.01. The zero-order chi connectivity index (χ0) is 21.7. The van der Waals surface area contributed by atoms with E-state index >= 15 is 0 Å². The highest BCUT2D eigenvalue weighted by molar-refractivity contribution is 6.09. The Morgan fingerprint density at radius 2 is 1.74 bits per heavy atom. The highest BCUT2D eigenvalue weighted by Crippen LogP contribution is 2.36. The summed E-state index contributed by atoms with van der Waals surface area (Å²) in [4.78, 5) is 37.6. The maximum atomic E-state index is 13.4. The first-order chi connectivity index (χ1) is 15.0. The van der Waals surface area contributed by atoms with Crippen LogP contribution in [0.2, 0.25) is 0 Å². The van der Waals surface area contributed by atoms with Gasteiger partial charge in [-0.2, -0.15) is 0 Å². The number of aliphatic imine (C=N–C) groups is 1. The Bertz CT molecular complexity index is 1100. The zero-order valence-electron chi connectivity index (χ0n) is 17.3. The van der Waals surface area contributed by atoms with Gasteiger partial charge in [-0.25, -0.2) is 14.2 Å². The van der Waals surface area contributed by atoms with Crippen molar-refractivity contribution in [1.82, 2.24) is 14.7 Å². The Morgan fingerprint density at radius 3 is 2.45 bits per heavy atom. The van der Waals surface area contributed by atoms with Crippen LogP contribution in [0, 0.1) is 5.82 Å². The number of allylic oxidation sites excluding steroid dienone is 1. The van der Waals surface area contributed by atoms with Crippen LogP contribution in [0.4, 0.5) is 14.9 Å². The van der Waals surface area contributed by atoms with Crippen LogP contribution in [0.25, 0.3) is 0 Å². The standard InChI is InChI=1S/C23H22FN5O2/c1-15-14-28-19-20(25-22(28)29(15)18-10-8-17(24)9-11-18)26(2)23(31)27(21(19)30)13-12-16-6-4-3-5-7-16/h3-11,14,19-20H,12-13H2,1-2H3. The molecule has 2 aromatic carbocycles. The number of hydrogen-bond donors (Lipinski definition) is 0. The Balaban J connectivity index is 1.42. The molecule has 2 atom stereocenters. The first-order valence-corrected chi connectivity index (χ1v) is 10.2. The van der Waals surface area contributed by atoms with Crippen molar-refractivity contribution >= 4 is 23.6 Å². The van der Waals surface area contributed by atoms with Crippen LogP contribution in [0.3, 0.4) is 0 Å². The van der Waals surface area contributed by atoms with Crippen LogP contribution in [0.1, 0.15) is 12.5 Å². The molecule has 0 radical (unpaired) electrons. The summed E-state index contributed by atoms with van der Waals surface area (Å²) in [5.41, 5.74) is 2.68. The molecule has 3 amide bonds. The van der Waals surface area contributed by atoms with E-state index in [2.05, 4.69) is 0 Å². The van der Waals surface area contributed by atoms with Gasteiger partial charge in [0.1, 0.15) is 5.82 Å². The molecule has 7 nitrogen and oxygen atoms in total. The van der Waals surface area contributed by atoms with E-state index in [0.29, 0.717) is 18.9 Å². The molecular weight excluding hydrogens is 397 g/mol. The Kier molecular flexibility index (Phi) is 4.50. The number of nitrogens with zero attached hydrogens (tertiary/aromatic N) is 5. The second-order valence-electron chi connectivity index (χ2n) is 7.90. The molecule has 2 unspecified atom stereocenters. The van der Waals surface area contributed by atoms with Crippen LogP contribution in [-0.2, 0) is 11.2 Å². The fourth-order valence-corrected chi connectivity index (χ4v) is 4.35. The third-order valence-corrected chi connectivity index (χ3v) is 5.94. The molecular formula is C23H22FN5O2. The largest absolute Gasteiger partial charge is 0.328 e. The van der Waals surface area contributed by atoms with Crippen molar-refractivity contribution in [3.8, 4) is 0 Å². The number of imide groups is 1. The molecule has 0 spiro atoms. The van der Waals surface area contributed by atoms with Crippen molar-refractivity contribution in [1.29, 1.82) is 0 Å². The fourth-order valence-electron chi connectivity index (χ4n) is 4.35. The summed E-state index contributed by atoms with van der Waals surface area (Å²) in [5.74, 6) is -0.0113. The van der Waals surface area contributed by atoms with Gasteiger partial charge in [0.15, 0.2) is 12.2 Å². The highest BCUT2D eigenvalue weighted by atomic mass is 19.1. The second-order valence-corrected chi connectivity index (χ2v) is 7.90. The molecule has 31 heavy (non-hydrogen) atoms. The highest BCUT2D eigenvalue weighted by Gasteiger charge is 2.54. The van der Waals surface area contributed by atoms with Gasteiger partial charge in [-0.15, -0.1) is 0 Å². The molecule has 0 saturated carbocycles. The maximum absolute atomic E-state index is 13.4. The van der Waals surface area contributed by atoms with Crippen LogP contribution in [0.5, 0.6) is 0 Å². The number of carbonyl (C=O) groups is 2. The van der Waals surface area contributed by atoms with E-state index in [-0.39, 0.29) is 17.8 Å². The molecule has 0 N–H and O–H groups in total. The van der Waals surface area contributed by atoms with E-state index in [1.165, 1.54) is 21.9 Å². The summed E-state index contributed by atoms with van der Waals surface area (Å²) in [6.07, 6.45) is 1.85. The van der Waals surface area contributed by atoms with Gasteiger partial charge < -0.3 is 9.80 Å². The van der Waals surface area contributed by atoms with Crippen molar-refractivity contribution < 1.29 is 14.0 Å². The molecule has 0 aliphatic carbocycles. The molecule has 5 rings (SSSR count). The van der Waals surface area contributed by atoms with E-state index in [4.69, 9.17) is 4.99 Å². The number of hydrogen-bond acceptors (Lipinski definition) is 5. The number of halogens is 1. The molecule has 1 fully saturated rings. The van der Waals surface area contributed by atoms with Gasteiger partial charge in [0.2, 0.25) is 5.96 Å². The summed E-state index contributed by atoms with van der Waals surface area (Å²) in [7, 11) is 1.67. The lowest BCUT2D eigenvalue weighted by Gasteiger charge is -2.40.